The number of anilines is 2. The van der Waals surface area contributed by atoms with Crippen LogP contribution < -0.4 is 20.5 Å². The van der Waals surface area contributed by atoms with Crippen LogP contribution in [0.25, 0.3) is 0 Å². The number of hydrogen-bond donors (Lipinski definition) is 3. The van der Waals surface area contributed by atoms with Crippen molar-refractivity contribution in [3.05, 3.63) is 48.5 Å². The molecule has 2 aromatic rings. The molecule has 0 saturated carbocycles. The number of rotatable bonds is 10. The monoisotopic (exact) mass is 437 g/mol. The van der Waals surface area contributed by atoms with E-state index >= 15 is 0 Å². The summed E-state index contributed by atoms with van der Waals surface area (Å²) in [7, 11) is -3.91. The van der Waals surface area contributed by atoms with E-state index < -0.39 is 27.6 Å². The van der Waals surface area contributed by atoms with E-state index in [1.165, 1.54) is 0 Å². The van der Waals surface area contributed by atoms with Gasteiger partial charge in [-0.3, -0.25) is 14.3 Å². The minimum absolute atomic E-state index is 0.00486. The highest BCUT2D eigenvalue weighted by Crippen LogP contribution is 2.26. The Bertz CT molecular complexity index is 960. The molecule has 0 bridgehead atoms. The Morgan fingerprint density at radius 2 is 1.76 bits per heavy atom. The summed E-state index contributed by atoms with van der Waals surface area (Å²) < 4.78 is 32.5. The molecule has 10 heteroatoms. The van der Waals surface area contributed by atoms with E-state index in [0.29, 0.717) is 22.0 Å². The number of carbonyl (C=O) groups excluding carboxylic acids is 2. The fourth-order valence-corrected chi connectivity index (χ4v) is 4.02. The molecule has 0 unspecified atom stereocenters. The van der Waals surface area contributed by atoms with E-state index in [1.807, 2.05) is 13.8 Å². The van der Waals surface area contributed by atoms with E-state index in [2.05, 4.69) is 10.0 Å². The number of nitrogens with one attached hydrogen (secondary N) is 2. The second kappa shape index (κ2) is 10.2. The molecule has 2 amide bonds. The Morgan fingerprint density at radius 1 is 1.10 bits per heavy atom. The van der Waals surface area contributed by atoms with Crippen LogP contribution in [0.5, 0.6) is 5.75 Å². The second-order valence-electron chi connectivity index (χ2n) is 6.35. The Morgan fingerprint density at radius 3 is 2.38 bits per heavy atom. The lowest BCUT2D eigenvalue weighted by Crippen LogP contribution is -2.27. The highest BCUT2D eigenvalue weighted by atomic mass is 32.2. The van der Waals surface area contributed by atoms with Gasteiger partial charge in [-0.15, -0.1) is 11.8 Å². The van der Waals surface area contributed by atoms with Gasteiger partial charge in [-0.1, -0.05) is 12.1 Å². The van der Waals surface area contributed by atoms with Gasteiger partial charge in [-0.2, -0.15) is 0 Å². The molecule has 0 aliphatic carbocycles. The van der Waals surface area contributed by atoms with E-state index in [9.17, 15) is 18.0 Å². The fraction of sp³-hybridized carbons (Fsp3) is 0.263. The van der Waals surface area contributed by atoms with Crippen molar-refractivity contribution in [2.45, 2.75) is 24.8 Å². The quantitative estimate of drug-likeness (QED) is 0.490. The van der Waals surface area contributed by atoms with Crippen molar-refractivity contribution in [3.63, 3.8) is 0 Å². The van der Waals surface area contributed by atoms with Gasteiger partial charge in [0.25, 0.3) is 0 Å². The van der Waals surface area contributed by atoms with Crippen molar-refractivity contribution in [1.29, 1.82) is 0 Å². The van der Waals surface area contributed by atoms with Gasteiger partial charge >= 0.3 is 0 Å². The molecule has 0 fully saturated rings. The number of nitrogens with two attached hydrogens (primary N) is 1. The summed E-state index contributed by atoms with van der Waals surface area (Å²) >= 11 is 1.16. The largest absolute Gasteiger partial charge is 0.491 e. The molecule has 0 heterocycles. The molecule has 156 valence electrons. The summed E-state index contributed by atoms with van der Waals surface area (Å²) in [5.74, 6) is -1.29. The maximum Gasteiger partial charge on any atom is 0.241 e. The number of benzene rings is 2. The number of carbonyl (C=O) groups is 2. The number of hydrogen-bond acceptors (Lipinski definition) is 6. The third-order valence-corrected chi connectivity index (χ3v) is 5.64. The number of para-hydroxylation sites is 1. The van der Waals surface area contributed by atoms with Crippen LogP contribution in [0.4, 0.5) is 11.4 Å². The minimum Gasteiger partial charge on any atom is -0.491 e. The van der Waals surface area contributed by atoms with Crippen LogP contribution in [0.3, 0.4) is 0 Å². The Kier molecular flexibility index (Phi) is 7.91. The summed E-state index contributed by atoms with van der Waals surface area (Å²) in [6.45, 7) is 3.78. The Hall–Kier alpha value is -2.72. The molecule has 2 rings (SSSR count). The van der Waals surface area contributed by atoms with Gasteiger partial charge in [-0.25, -0.2) is 8.42 Å². The molecule has 0 atom stereocenters. The third kappa shape index (κ3) is 8.04. The summed E-state index contributed by atoms with van der Waals surface area (Å²) in [5.41, 5.74) is 5.88. The lowest BCUT2D eigenvalue weighted by molar-refractivity contribution is -0.115. The standard InChI is InChI=1S/C19H23N3O5S2/c1-13(2)27-15-9-7-14(8-10-15)22-29(25,26)12-19(24)21-16-5-3-4-6-17(16)28-11-18(20)23/h3-10,13,22H,11-12H2,1-2H3,(H2,20,23)(H,21,24). The fourth-order valence-electron chi connectivity index (χ4n) is 2.29. The summed E-state index contributed by atoms with van der Waals surface area (Å²) in [4.78, 5) is 23.8. The molecule has 29 heavy (non-hydrogen) atoms. The van der Waals surface area contributed by atoms with Crippen molar-refractivity contribution in [3.8, 4) is 5.75 Å². The van der Waals surface area contributed by atoms with E-state index in [-0.39, 0.29) is 11.9 Å². The van der Waals surface area contributed by atoms with Gasteiger partial charge < -0.3 is 15.8 Å². The smallest absolute Gasteiger partial charge is 0.241 e. The summed E-state index contributed by atoms with van der Waals surface area (Å²) in [6.07, 6.45) is 0.00486. The molecule has 0 aromatic heterocycles. The Balaban J connectivity index is 1.98. The Labute approximate surface area is 174 Å². The van der Waals surface area contributed by atoms with Crippen LogP contribution >= 0.6 is 11.8 Å². The first-order chi connectivity index (χ1) is 13.6. The van der Waals surface area contributed by atoms with Gasteiger partial charge in [-0.05, 0) is 50.2 Å². The first-order valence-electron chi connectivity index (χ1n) is 8.72. The highest BCUT2D eigenvalue weighted by molar-refractivity contribution is 8.00. The average molecular weight is 438 g/mol. The van der Waals surface area contributed by atoms with E-state index in [1.54, 1.807) is 48.5 Å². The van der Waals surface area contributed by atoms with E-state index in [0.717, 1.165) is 11.8 Å². The molecular formula is C19H23N3O5S2. The topological polar surface area (TPSA) is 128 Å². The maximum absolute atomic E-state index is 12.3. The molecule has 0 radical (unpaired) electrons. The van der Waals surface area contributed by atoms with Crippen LogP contribution in [0.15, 0.2) is 53.4 Å². The van der Waals surface area contributed by atoms with Crippen molar-refractivity contribution < 1.29 is 22.7 Å². The molecule has 0 aliphatic rings. The number of sulfonamides is 1. The number of amides is 2. The second-order valence-corrected chi connectivity index (χ2v) is 9.09. The van der Waals surface area contributed by atoms with Gasteiger partial charge in [0.15, 0.2) is 0 Å². The highest BCUT2D eigenvalue weighted by Gasteiger charge is 2.18. The predicted molar refractivity (Wildman–Crippen MR) is 115 cm³/mol. The van der Waals surface area contributed by atoms with E-state index in [4.69, 9.17) is 10.5 Å². The van der Waals surface area contributed by atoms with Gasteiger partial charge in [0.2, 0.25) is 21.8 Å². The van der Waals surface area contributed by atoms with Crippen LogP contribution in [0.2, 0.25) is 0 Å². The van der Waals surface area contributed by atoms with Crippen LogP contribution in [0.1, 0.15) is 13.8 Å². The molecular weight excluding hydrogens is 414 g/mol. The lowest BCUT2D eigenvalue weighted by Gasteiger charge is -2.12. The SMILES string of the molecule is CC(C)Oc1ccc(NS(=O)(=O)CC(=O)Nc2ccccc2SCC(N)=O)cc1. The van der Waals surface area contributed by atoms with Crippen molar-refractivity contribution in [2.24, 2.45) is 5.73 Å². The molecule has 0 spiro atoms. The zero-order chi connectivity index (χ0) is 21.4. The normalized spacial score (nSPS) is 11.1. The van der Waals surface area contributed by atoms with Gasteiger partial charge in [0.1, 0.15) is 11.5 Å². The first-order valence-corrected chi connectivity index (χ1v) is 11.4. The number of ether oxygens (including phenoxy) is 1. The third-order valence-electron chi connectivity index (χ3n) is 3.35. The molecule has 0 saturated heterocycles. The summed E-state index contributed by atoms with van der Waals surface area (Å²) in [6, 6.07) is 13.2. The molecule has 8 nitrogen and oxygen atoms in total. The molecule has 2 aromatic carbocycles. The van der Waals surface area contributed by atoms with Crippen molar-refractivity contribution in [1.82, 2.24) is 0 Å². The van der Waals surface area contributed by atoms with Crippen molar-refractivity contribution in [2.75, 3.05) is 21.5 Å². The summed E-state index contributed by atoms with van der Waals surface area (Å²) in [5, 5.41) is 2.56. The van der Waals surface area contributed by atoms with Crippen LogP contribution in [-0.2, 0) is 19.6 Å². The predicted octanol–water partition coefficient (Wildman–Crippen LogP) is 2.43. The van der Waals surface area contributed by atoms with Crippen LogP contribution in [0, 0.1) is 0 Å². The first kappa shape index (κ1) is 22.6. The lowest BCUT2D eigenvalue weighted by atomic mass is 10.3. The van der Waals surface area contributed by atoms with Crippen LogP contribution in [-0.4, -0.2) is 37.8 Å². The zero-order valence-corrected chi connectivity index (χ0v) is 17.7. The molecule has 0 aliphatic heterocycles. The molecule has 4 N–H and O–H groups in total. The number of thioether (sulfide) groups is 1. The number of primary amides is 1. The van der Waals surface area contributed by atoms with Gasteiger partial charge in [0, 0.05) is 10.6 Å². The van der Waals surface area contributed by atoms with Crippen molar-refractivity contribution >= 4 is 45.0 Å². The zero-order valence-electron chi connectivity index (χ0n) is 16.0. The van der Waals surface area contributed by atoms with Gasteiger partial charge in [0.05, 0.1) is 17.5 Å². The minimum atomic E-state index is -3.91. The maximum atomic E-state index is 12.3. The average Bonchev–Trinajstić information content (AvgIpc) is 2.61.